The molecule has 6 nitrogen and oxygen atoms in total. The van der Waals surface area contributed by atoms with E-state index in [9.17, 15) is 39.9 Å². The highest BCUT2D eigenvalue weighted by molar-refractivity contribution is 5.95. The number of nitrogens with zero attached hydrogens (tertiary/aromatic N) is 2. The predicted octanol–water partition coefficient (Wildman–Crippen LogP) is 4.42. The number of halogens is 8. The van der Waals surface area contributed by atoms with E-state index < -0.39 is 73.3 Å². The average Bonchev–Trinajstić information content (AvgIpc) is 2.77. The SMILES string of the molecule is NC1=N[C@](CF)(c2cc(CC(=O)c3ccc(OCC(F)(F)F)cn3)ccc2F)C[C@@H](C(F)(F)F)O1. The van der Waals surface area contributed by atoms with Crippen LogP contribution in [-0.4, -0.2) is 48.5 Å². The number of ether oxygens (including phenoxy) is 2. The molecule has 0 saturated heterocycles. The summed E-state index contributed by atoms with van der Waals surface area (Å²) in [6.07, 6.45) is -12.6. The van der Waals surface area contributed by atoms with Crippen molar-refractivity contribution >= 4 is 11.8 Å². The lowest BCUT2D eigenvalue weighted by Gasteiger charge is -2.36. The average molecular weight is 511 g/mol. The molecule has 0 radical (unpaired) electrons. The molecule has 0 unspecified atom stereocenters. The molecule has 1 aromatic heterocycles. The number of pyridine rings is 1. The van der Waals surface area contributed by atoms with Crippen molar-refractivity contribution in [3.8, 4) is 5.75 Å². The van der Waals surface area contributed by atoms with E-state index in [1.807, 2.05) is 0 Å². The van der Waals surface area contributed by atoms with Gasteiger partial charge < -0.3 is 15.2 Å². The molecule has 0 spiro atoms. The Hall–Kier alpha value is -3.45. The highest BCUT2D eigenvalue weighted by Gasteiger charge is 2.52. The van der Waals surface area contributed by atoms with Crippen LogP contribution < -0.4 is 10.5 Å². The van der Waals surface area contributed by atoms with Gasteiger partial charge in [-0.1, -0.05) is 6.07 Å². The number of alkyl halides is 7. The number of aromatic nitrogens is 1. The lowest BCUT2D eigenvalue weighted by Crippen LogP contribution is -2.48. The highest BCUT2D eigenvalue weighted by Crippen LogP contribution is 2.41. The Bertz CT molecular complexity index is 1100. The van der Waals surface area contributed by atoms with Crippen molar-refractivity contribution in [3.05, 3.63) is 59.2 Å². The number of ketones is 1. The molecule has 3 rings (SSSR count). The number of carbonyl (C=O) groups is 1. The number of nitrogens with two attached hydrogens (primary N) is 1. The molecule has 1 aliphatic heterocycles. The highest BCUT2D eigenvalue weighted by atomic mass is 19.4. The summed E-state index contributed by atoms with van der Waals surface area (Å²) in [5.74, 6) is -1.95. The summed E-state index contributed by atoms with van der Waals surface area (Å²) in [5, 5.41) is 0. The van der Waals surface area contributed by atoms with Gasteiger partial charge in [-0.15, -0.1) is 0 Å². The number of hydrogen-bond acceptors (Lipinski definition) is 6. The fraction of sp³-hybridized carbons (Fsp3) is 0.381. The van der Waals surface area contributed by atoms with Crippen LogP contribution in [0.1, 0.15) is 28.0 Å². The molecule has 1 aromatic carbocycles. The maximum atomic E-state index is 14.6. The van der Waals surface area contributed by atoms with E-state index in [0.29, 0.717) is 0 Å². The number of aliphatic imine (C=N–C) groups is 1. The van der Waals surface area contributed by atoms with Crippen molar-refractivity contribution in [1.82, 2.24) is 4.98 Å². The minimum absolute atomic E-state index is 0.0993. The van der Waals surface area contributed by atoms with E-state index in [0.717, 1.165) is 36.5 Å². The van der Waals surface area contributed by atoms with Crippen LogP contribution in [-0.2, 0) is 16.7 Å². The Kier molecular flexibility index (Phi) is 7.22. The van der Waals surface area contributed by atoms with Crippen LogP contribution in [0.4, 0.5) is 35.1 Å². The van der Waals surface area contributed by atoms with Gasteiger partial charge in [0.15, 0.2) is 18.5 Å². The van der Waals surface area contributed by atoms with E-state index in [2.05, 4.69) is 19.5 Å². The predicted molar refractivity (Wildman–Crippen MR) is 105 cm³/mol. The molecule has 2 N–H and O–H groups in total. The van der Waals surface area contributed by atoms with Crippen LogP contribution in [0.2, 0.25) is 0 Å². The zero-order valence-corrected chi connectivity index (χ0v) is 17.6. The first-order valence-electron chi connectivity index (χ1n) is 9.85. The maximum Gasteiger partial charge on any atom is 0.425 e. The van der Waals surface area contributed by atoms with Crippen LogP contribution in [0.3, 0.4) is 0 Å². The van der Waals surface area contributed by atoms with Gasteiger partial charge in [0.2, 0.25) is 0 Å². The minimum Gasteiger partial charge on any atom is -0.483 e. The zero-order chi connectivity index (χ0) is 26.0. The van der Waals surface area contributed by atoms with Gasteiger partial charge >= 0.3 is 12.4 Å². The first-order valence-corrected chi connectivity index (χ1v) is 9.85. The number of carbonyl (C=O) groups excluding carboxylic acids is 1. The van der Waals surface area contributed by atoms with Crippen LogP contribution in [0, 0.1) is 5.82 Å². The molecule has 0 saturated carbocycles. The molecule has 2 aromatic rings. The first kappa shape index (κ1) is 26.2. The van der Waals surface area contributed by atoms with Crippen molar-refractivity contribution in [3.63, 3.8) is 0 Å². The summed E-state index contributed by atoms with van der Waals surface area (Å²) in [7, 11) is 0. The first-order chi connectivity index (χ1) is 16.2. The van der Waals surface area contributed by atoms with Gasteiger partial charge in [0.05, 0.1) is 6.20 Å². The summed E-state index contributed by atoms with van der Waals surface area (Å²) in [6.45, 7) is -3.08. The van der Waals surface area contributed by atoms with Gasteiger partial charge in [-0.05, 0) is 29.8 Å². The van der Waals surface area contributed by atoms with Gasteiger partial charge in [-0.2, -0.15) is 26.3 Å². The molecule has 1 aliphatic rings. The molecule has 0 bridgehead atoms. The summed E-state index contributed by atoms with van der Waals surface area (Å²) in [5.41, 5.74) is 2.37. The standard InChI is InChI=1S/C21H17F8N3O3/c22-9-19(7-17(21(27,28)29)35-18(30)32-19)13-5-11(1-3-14(13)23)6-16(33)15-4-2-12(8-31-15)34-10-20(24,25)26/h1-5,8,17H,6-7,9-10H2,(H2,30,32)/t17-,19+/m0/s1. The van der Waals surface area contributed by atoms with Crippen molar-refractivity contribution in [2.75, 3.05) is 13.3 Å². The van der Waals surface area contributed by atoms with Crippen molar-refractivity contribution < 1.29 is 49.4 Å². The lowest BCUT2D eigenvalue weighted by atomic mass is 9.83. The fourth-order valence-corrected chi connectivity index (χ4v) is 3.40. The Morgan fingerprint density at radius 2 is 1.89 bits per heavy atom. The third-order valence-corrected chi connectivity index (χ3v) is 5.02. The molecule has 35 heavy (non-hydrogen) atoms. The Labute approximate surface area is 192 Å². The third kappa shape index (κ3) is 6.36. The Morgan fingerprint density at radius 3 is 2.46 bits per heavy atom. The molecular weight excluding hydrogens is 494 g/mol. The summed E-state index contributed by atoms with van der Waals surface area (Å²) in [6, 6.07) is 4.26. The second-order valence-corrected chi connectivity index (χ2v) is 7.66. The van der Waals surface area contributed by atoms with Gasteiger partial charge in [0.25, 0.3) is 6.02 Å². The second-order valence-electron chi connectivity index (χ2n) is 7.66. The fourth-order valence-electron chi connectivity index (χ4n) is 3.40. The van der Waals surface area contributed by atoms with E-state index >= 15 is 0 Å². The normalized spacial score (nSPS) is 20.7. The molecule has 2 heterocycles. The number of rotatable bonds is 7. The second kappa shape index (κ2) is 9.66. The van der Waals surface area contributed by atoms with Gasteiger partial charge in [-0.25, -0.2) is 18.8 Å². The lowest BCUT2D eigenvalue weighted by molar-refractivity contribution is -0.209. The third-order valence-electron chi connectivity index (χ3n) is 5.02. The topological polar surface area (TPSA) is 86.8 Å². The van der Waals surface area contributed by atoms with Gasteiger partial charge in [0.1, 0.15) is 29.5 Å². The number of Topliss-reactive ketones (excluding diaryl/α,β-unsaturated/α-hetero) is 1. The number of hydrogen-bond donors (Lipinski definition) is 1. The van der Waals surface area contributed by atoms with Crippen LogP contribution in [0.25, 0.3) is 0 Å². The largest absolute Gasteiger partial charge is 0.483 e. The van der Waals surface area contributed by atoms with Crippen molar-refractivity contribution in [2.24, 2.45) is 10.7 Å². The summed E-state index contributed by atoms with van der Waals surface area (Å²) < 4.78 is 114. The quantitative estimate of drug-likeness (QED) is 0.440. The van der Waals surface area contributed by atoms with Crippen LogP contribution in [0.15, 0.2) is 41.5 Å². The minimum atomic E-state index is -4.92. The van der Waals surface area contributed by atoms with Gasteiger partial charge in [-0.3, -0.25) is 4.79 Å². The smallest absolute Gasteiger partial charge is 0.425 e. The summed E-state index contributed by atoms with van der Waals surface area (Å²) in [4.78, 5) is 19.9. The number of amidine groups is 1. The molecular formula is C21H17F8N3O3. The van der Waals surface area contributed by atoms with Crippen molar-refractivity contribution in [2.45, 2.75) is 36.8 Å². The Morgan fingerprint density at radius 1 is 1.17 bits per heavy atom. The molecule has 14 heteroatoms. The van der Waals surface area contributed by atoms with Crippen LogP contribution in [0.5, 0.6) is 5.75 Å². The van der Waals surface area contributed by atoms with Crippen LogP contribution >= 0.6 is 0 Å². The van der Waals surface area contributed by atoms with Crippen molar-refractivity contribution in [1.29, 1.82) is 0 Å². The van der Waals surface area contributed by atoms with Gasteiger partial charge in [0, 0.05) is 18.4 Å². The number of benzene rings is 1. The molecule has 0 fully saturated rings. The van der Waals surface area contributed by atoms with E-state index in [4.69, 9.17) is 5.73 Å². The maximum absolute atomic E-state index is 14.6. The molecule has 2 atom stereocenters. The Balaban J connectivity index is 1.83. The van der Waals surface area contributed by atoms with E-state index in [1.165, 1.54) is 0 Å². The van der Waals surface area contributed by atoms with E-state index in [-0.39, 0.29) is 17.0 Å². The monoisotopic (exact) mass is 511 g/mol. The summed E-state index contributed by atoms with van der Waals surface area (Å²) >= 11 is 0. The zero-order valence-electron chi connectivity index (χ0n) is 17.6. The molecule has 0 aliphatic carbocycles. The molecule has 190 valence electrons. The van der Waals surface area contributed by atoms with E-state index in [1.54, 1.807) is 0 Å². The molecule has 0 amide bonds.